The van der Waals surface area contributed by atoms with Crippen molar-refractivity contribution >= 4 is 11.8 Å². The number of likely N-dealkylation sites (tertiary alicyclic amines) is 1. The minimum atomic E-state index is -0.174. The highest BCUT2D eigenvalue weighted by Crippen LogP contribution is 2.24. The Balaban J connectivity index is 1.55. The quantitative estimate of drug-likeness (QED) is 0.787. The van der Waals surface area contributed by atoms with Crippen molar-refractivity contribution < 1.29 is 14.3 Å². The predicted octanol–water partition coefficient (Wildman–Crippen LogP) is 1.52. The van der Waals surface area contributed by atoms with Crippen LogP contribution in [0.15, 0.2) is 36.7 Å². The fourth-order valence-electron chi connectivity index (χ4n) is 3.21. The van der Waals surface area contributed by atoms with Gasteiger partial charge >= 0.3 is 0 Å². The van der Waals surface area contributed by atoms with E-state index in [1.165, 1.54) is 0 Å². The number of aromatic amines is 1. The highest BCUT2D eigenvalue weighted by molar-refractivity contribution is 5.83. The Bertz CT molecular complexity index is 745. The van der Waals surface area contributed by atoms with Gasteiger partial charge in [0.1, 0.15) is 5.75 Å². The first-order chi connectivity index (χ1) is 12.7. The van der Waals surface area contributed by atoms with E-state index in [-0.39, 0.29) is 17.7 Å². The molecule has 2 heterocycles. The molecule has 0 radical (unpaired) electrons. The van der Waals surface area contributed by atoms with E-state index in [1.807, 2.05) is 30.5 Å². The number of hydrogen-bond acceptors (Lipinski definition) is 4. The second-order valence-corrected chi connectivity index (χ2v) is 6.47. The van der Waals surface area contributed by atoms with Gasteiger partial charge in [-0.2, -0.15) is 5.10 Å². The Kier molecular flexibility index (Phi) is 5.88. The Hall–Kier alpha value is -2.83. The molecule has 7 heteroatoms. The molecule has 26 heavy (non-hydrogen) atoms. The number of benzene rings is 1. The summed E-state index contributed by atoms with van der Waals surface area (Å²) in [5.41, 5.74) is 2.01. The van der Waals surface area contributed by atoms with Crippen LogP contribution in [0, 0.1) is 5.92 Å². The van der Waals surface area contributed by atoms with Gasteiger partial charge in [0, 0.05) is 37.8 Å². The van der Waals surface area contributed by atoms with Crippen LogP contribution in [0.25, 0.3) is 0 Å². The maximum Gasteiger partial charge on any atom is 0.224 e. The lowest BCUT2D eigenvalue weighted by molar-refractivity contribution is -0.138. The summed E-state index contributed by atoms with van der Waals surface area (Å²) in [6.45, 7) is 1.46. The summed E-state index contributed by atoms with van der Waals surface area (Å²) < 4.78 is 5.36. The van der Waals surface area contributed by atoms with Gasteiger partial charge in [0.15, 0.2) is 0 Å². The number of nitrogens with zero attached hydrogens (tertiary/aromatic N) is 2. The number of H-pyrrole nitrogens is 1. The Morgan fingerprint density at radius 3 is 3.04 bits per heavy atom. The van der Waals surface area contributed by atoms with Crippen LogP contribution < -0.4 is 10.1 Å². The number of rotatable bonds is 7. The molecule has 0 unspecified atom stereocenters. The zero-order valence-corrected chi connectivity index (χ0v) is 14.9. The topological polar surface area (TPSA) is 87.3 Å². The molecule has 1 saturated heterocycles. The van der Waals surface area contributed by atoms with Crippen molar-refractivity contribution in [1.82, 2.24) is 20.4 Å². The number of ether oxygens (including phenoxy) is 1. The number of aromatic nitrogens is 2. The SMILES string of the molecule is COc1ccccc1CN1C[C@H](C(=O)NCCc2cn[nH]c2)CCC1=O. The van der Waals surface area contributed by atoms with Crippen LogP contribution in [0.4, 0.5) is 0 Å². The van der Waals surface area contributed by atoms with Crippen LogP contribution in [0.5, 0.6) is 5.75 Å². The minimum absolute atomic E-state index is 0.00558. The van der Waals surface area contributed by atoms with E-state index in [9.17, 15) is 9.59 Å². The molecular weight excluding hydrogens is 332 g/mol. The van der Waals surface area contributed by atoms with Crippen molar-refractivity contribution in [2.45, 2.75) is 25.8 Å². The van der Waals surface area contributed by atoms with E-state index in [1.54, 1.807) is 18.2 Å². The van der Waals surface area contributed by atoms with Gasteiger partial charge in [-0.05, 0) is 24.5 Å². The summed E-state index contributed by atoms with van der Waals surface area (Å²) in [6, 6.07) is 7.65. The lowest BCUT2D eigenvalue weighted by atomic mass is 9.96. The smallest absolute Gasteiger partial charge is 0.224 e. The Morgan fingerprint density at radius 1 is 1.42 bits per heavy atom. The summed E-state index contributed by atoms with van der Waals surface area (Å²) >= 11 is 0. The second-order valence-electron chi connectivity index (χ2n) is 6.47. The Morgan fingerprint density at radius 2 is 2.27 bits per heavy atom. The van der Waals surface area contributed by atoms with Gasteiger partial charge in [-0.3, -0.25) is 14.7 Å². The van der Waals surface area contributed by atoms with Gasteiger partial charge in [-0.25, -0.2) is 0 Å². The molecule has 0 saturated carbocycles. The fourth-order valence-corrected chi connectivity index (χ4v) is 3.21. The maximum atomic E-state index is 12.5. The molecule has 3 rings (SSSR count). The molecule has 0 spiro atoms. The maximum absolute atomic E-state index is 12.5. The van der Waals surface area contributed by atoms with Crippen molar-refractivity contribution in [3.8, 4) is 5.75 Å². The number of methoxy groups -OCH3 is 1. The van der Waals surface area contributed by atoms with E-state index in [0.717, 1.165) is 23.3 Å². The van der Waals surface area contributed by atoms with Crippen LogP contribution in [0.3, 0.4) is 0 Å². The average molecular weight is 356 g/mol. The van der Waals surface area contributed by atoms with E-state index < -0.39 is 0 Å². The lowest BCUT2D eigenvalue weighted by Gasteiger charge is -2.32. The predicted molar refractivity (Wildman–Crippen MR) is 96.4 cm³/mol. The molecule has 2 amide bonds. The summed E-state index contributed by atoms with van der Waals surface area (Å²) in [5.74, 6) is 0.670. The van der Waals surface area contributed by atoms with Crippen molar-refractivity contribution in [3.63, 3.8) is 0 Å². The molecule has 1 atom stereocenters. The average Bonchev–Trinajstić information content (AvgIpc) is 3.17. The van der Waals surface area contributed by atoms with Gasteiger partial charge in [0.25, 0.3) is 0 Å². The molecular formula is C19H24N4O3. The number of carbonyl (C=O) groups is 2. The number of piperidine rings is 1. The molecule has 138 valence electrons. The van der Waals surface area contributed by atoms with Crippen molar-refractivity contribution in [2.24, 2.45) is 5.92 Å². The van der Waals surface area contributed by atoms with Crippen molar-refractivity contribution in [2.75, 3.05) is 20.2 Å². The van der Waals surface area contributed by atoms with Crippen LogP contribution in [0.1, 0.15) is 24.0 Å². The second kappa shape index (κ2) is 8.51. The fraction of sp³-hybridized carbons (Fsp3) is 0.421. The molecule has 1 fully saturated rings. The summed E-state index contributed by atoms with van der Waals surface area (Å²) in [6.07, 6.45) is 5.30. The number of nitrogens with one attached hydrogen (secondary N) is 2. The summed E-state index contributed by atoms with van der Waals surface area (Å²) in [5, 5.41) is 9.62. The normalized spacial score (nSPS) is 17.2. The number of amides is 2. The molecule has 1 aromatic carbocycles. The number of hydrogen-bond donors (Lipinski definition) is 2. The molecule has 1 aliphatic rings. The van der Waals surface area contributed by atoms with E-state index in [2.05, 4.69) is 15.5 Å². The zero-order valence-electron chi connectivity index (χ0n) is 14.9. The van der Waals surface area contributed by atoms with E-state index in [4.69, 9.17) is 4.74 Å². The van der Waals surface area contributed by atoms with Gasteiger partial charge in [0.2, 0.25) is 11.8 Å². The van der Waals surface area contributed by atoms with Crippen molar-refractivity contribution in [3.05, 3.63) is 47.8 Å². The van der Waals surface area contributed by atoms with Crippen LogP contribution >= 0.6 is 0 Å². The van der Waals surface area contributed by atoms with E-state index >= 15 is 0 Å². The van der Waals surface area contributed by atoms with Crippen LogP contribution in [-0.2, 0) is 22.6 Å². The molecule has 2 N–H and O–H groups in total. The molecule has 1 aliphatic heterocycles. The zero-order chi connectivity index (χ0) is 18.4. The summed E-state index contributed by atoms with van der Waals surface area (Å²) in [7, 11) is 1.62. The van der Waals surface area contributed by atoms with Gasteiger partial charge in [0.05, 0.1) is 19.2 Å². The first-order valence-corrected chi connectivity index (χ1v) is 8.82. The van der Waals surface area contributed by atoms with Crippen LogP contribution in [0.2, 0.25) is 0 Å². The Labute approximate surface area is 152 Å². The van der Waals surface area contributed by atoms with Crippen molar-refractivity contribution in [1.29, 1.82) is 0 Å². The monoisotopic (exact) mass is 356 g/mol. The third-order valence-electron chi connectivity index (χ3n) is 4.69. The summed E-state index contributed by atoms with van der Waals surface area (Å²) in [4.78, 5) is 26.5. The number of para-hydroxylation sites is 1. The molecule has 2 aromatic rings. The third-order valence-corrected chi connectivity index (χ3v) is 4.69. The minimum Gasteiger partial charge on any atom is -0.496 e. The number of carbonyl (C=O) groups excluding carboxylic acids is 2. The largest absolute Gasteiger partial charge is 0.496 e. The van der Waals surface area contributed by atoms with Gasteiger partial charge in [-0.1, -0.05) is 18.2 Å². The highest BCUT2D eigenvalue weighted by atomic mass is 16.5. The first kappa shape index (κ1) is 18.0. The molecule has 0 aliphatic carbocycles. The molecule has 1 aromatic heterocycles. The standard InChI is InChI=1S/C19H24N4O3/c1-26-17-5-3-2-4-15(17)12-23-13-16(6-7-18(23)24)19(25)20-9-8-14-10-21-22-11-14/h2-5,10-11,16H,6-9,12-13H2,1H3,(H,20,25)(H,21,22)/t16-/m1/s1. The highest BCUT2D eigenvalue weighted by Gasteiger charge is 2.30. The molecule has 0 bridgehead atoms. The van der Waals surface area contributed by atoms with Gasteiger partial charge < -0.3 is 15.0 Å². The molecule has 7 nitrogen and oxygen atoms in total. The van der Waals surface area contributed by atoms with Gasteiger partial charge in [-0.15, -0.1) is 0 Å². The lowest BCUT2D eigenvalue weighted by Crippen LogP contribution is -2.45. The van der Waals surface area contributed by atoms with E-state index in [0.29, 0.717) is 32.5 Å². The van der Waals surface area contributed by atoms with Crippen LogP contribution in [-0.4, -0.2) is 47.1 Å². The third kappa shape index (κ3) is 4.41. The first-order valence-electron chi connectivity index (χ1n) is 8.82.